The van der Waals surface area contributed by atoms with E-state index in [4.69, 9.17) is 14.2 Å². The van der Waals surface area contributed by atoms with E-state index in [1.165, 1.54) is 12.8 Å². The van der Waals surface area contributed by atoms with Gasteiger partial charge in [-0.1, -0.05) is 81.8 Å². The highest BCUT2D eigenvalue weighted by molar-refractivity contribution is 5.49. The molecule has 3 heteroatoms. The van der Waals surface area contributed by atoms with E-state index in [1.54, 1.807) is 14.2 Å². The molecule has 3 nitrogen and oxygen atoms in total. The van der Waals surface area contributed by atoms with E-state index in [0.717, 1.165) is 34.6 Å². The van der Waals surface area contributed by atoms with Crippen LogP contribution < -0.4 is 9.47 Å². The molecule has 1 aliphatic carbocycles. The van der Waals surface area contributed by atoms with Gasteiger partial charge in [-0.2, -0.15) is 0 Å². The van der Waals surface area contributed by atoms with Gasteiger partial charge < -0.3 is 14.2 Å². The van der Waals surface area contributed by atoms with Gasteiger partial charge in [0.15, 0.2) is 0 Å². The predicted molar refractivity (Wildman–Crippen MR) is 139 cm³/mol. The lowest BCUT2D eigenvalue weighted by Crippen LogP contribution is -2.43. The second kappa shape index (κ2) is 10.7. The summed E-state index contributed by atoms with van der Waals surface area (Å²) < 4.78 is 18.4. The Kier molecular flexibility index (Phi) is 7.63. The van der Waals surface area contributed by atoms with Crippen molar-refractivity contribution in [2.24, 2.45) is 17.8 Å². The van der Waals surface area contributed by atoms with Gasteiger partial charge in [-0.3, -0.25) is 0 Å². The molecule has 4 rings (SSSR count). The standard InChI is InChI=1S/C31H38O3/c1-22(2)29-20-11-23(3)21-30(29)34-31(24-9-7-6-8-10-24,25-12-16-27(32-4)17-13-25)26-14-18-28(33-5)19-15-26/h6-10,12-19,22-23,29-30H,11,20-21H2,1-5H3/t23-,29+,30+/m1/s1. The van der Waals surface area contributed by atoms with Crippen molar-refractivity contribution < 1.29 is 14.2 Å². The van der Waals surface area contributed by atoms with Gasteiger partial charge in [-0.05, 0) is 71.6 Å². The summed E-state index contributed by atoms with van der Waals surface area (Å²) in [6.45, 7) is 7.03. The quantitative estimate of drug-likeness (QED) is 0.328. The minimum Gasteiger partial charge on any atom is -0.497 e. The van der Waals surface area contributed by atoms with Gasteiger partial charge in [-0.25, -0.2) is 0 Å². The molecule has 0 saturated heterocycles. The Morgan fingerprint density at radius 1 is 0.706 bits per heavy atom. The van der Waals surface area contributed by atoms with Crippen molar-refractivity contribution in [1.29, 1.82) is 0 Å². The normalized spacial score (nSPS) is 20.8. The fourth-order valence-electron chi connectivity index (χ4n) is 5.51. The van der Waals surface area contributed by atoms with E-state index < -0.39 is 5.60 Å². The second-order valence-electron chi connectivity index (χ2n) is 9.99. The van der Waals surface area contributed by atoms with Crippen LogP contribution in [0.3, 0.4) is 0 Å². The monoisotopic (exact) mass is 458 g/mol. The third kappa shape index (κ3) is 4.86. The van der Waals surface area contributed by atoms with Crippen LogP contribution >= 0.6 is 0 Å². The number of rotatable bonds is 8. The van der Waals surface area contributed by atoms with E-state index in [0.29, 0.717) is 17.8 Å². The third-order valence-corrected chi connectivity index (χ3v) is 7.46. The van der Waals surface area contributed by atoms with Crippen LogP contribution in [0, 0.1) is 17.8 Å². The number of hydrogen-bond acceptors (Lipinski definition) is 3. The fraction of sp³-hybridized carbons (Fsp3) is 0.419. The first kappa shape index (κ1) is 24.3. The molecule has 1 aliphatic rings. The van der Waals surface area contributed by atoms with Gasteiger partial charge in [0, 0.05) is 0 Å². The Hall–Kier alpha value is -2.78. The van der Waals surface area contributed by atoms with Gasteiger partial charge in [-0.15, -0.1) is 0 Å². The van der Waals surface area contributed by atoms with E-state index in [-0.39, 0.29) is 6.10 Å². The first-order chi connectivity index (χ1) is 16.5. The molecule has 0 amide bonds. The van der Waals surface area contributed by atoms with Crippen LogP contribution in [-0.4, -0.2) is 20.3 Å². The van der Waals surface area contributed by atoms with Crippen molar-refractivity contribution in [1.82, 2.24) is 0 Å². The molecular weight excluding hydrogens is 420 g/mol. The highest BCUT2D eigenvalue weighted by Gasteiger charge is 2.43. The van der Waals surface area contributed by atoms with Crippen molar-refractivity contribution in [3.05, 3.63) is 95.6 Å². The zero-order chi connectivity index (χ0) is 24.1. The second-order valence-corrected chi connectivity index (χ2v) is 9.99. The summed E-state index contributed by atoms with van der Waals surface area (Å²) in [6, 6.07) is 27.3. The lowest BCUT2D eigenvalue weighted by atomic mass is 9.74. The molecule has 0 aromatic heterocycles. The Balaban J connectivity index is 1.93. The molecule has 1 fully saturated rings. The molecule has 0 radical (unpaired) electrons. The smallest absolute Gasteiger partial charge is 0.144 e. The Morgan fingerprint density at radius 2 is 1.21 bits per heavy atom. The van der Waals surface area contributed by atoms with Crippen molar-refractivity contribution in [3.8, 4) is 11.5 Å². The maximum atomic E-state index is 7.45. The van der Waals surface area contributed by atoms with Crippen molar-refractivity contribution in [2.45, 2.75) is 51.7 Å². The molecule has 1 saturated carbocycles. The highest BCUT2D eigenvalue weighted by Crippen LogP contribution is 2.46. The molecule has 0 heterocycles. The first-order valence-electron chi connectivity index (χ1n) is 12.5. The van der Waals surface area contributed by atoms with Gasteiger partial charge in [0.25, 0.3) is 0 Å². The van der Waals surface area contributed by atoms with Crippen LogP contribution in [0.1, 0.15) is 56.7 Å². The van der Waals surface area contributed by atoms with Crippen LogP contribution in [0.15, 0.2) is 78.9 Å². The lowest BCUT2D eigenvalue weighted by molar-refractivity contribution is -0.106. The minimum atomic E-state index is -0.741. The summed E-state index contributed by atoms with van der Waals surface area (Å²) in [6.07, 6.45) is 3.71. The van der Waals surface area contributed by atoms with Crippen molar-refractivity contribution in [2.75, 3.05) is 14.2 Å². The Bertz CT molecular complexity index is 977. The van der Waals surface area contributed by atoms with Crippen LogP contribution in [0.5, 0.6) is 11.5 Å². The Labute approximate surface area is 205 Å². The van der Waals surface area contributed by atoms with Crippen molar-refractivity contribution in [3.63, 3.8) is 0 Å². The average Bonchev–Trinajstić information content (AvgIpc) is 2.88. The molecule has 0 unspecified atom stereocenters. The fourth-order valence-corrected chi connectivity index (χ4v) is 5.51. The predicted octanol–water partition coefficient (Wildman–Crippen LogP) is 7.47. The summed E-state index contributed by atoms with van der Waals surface area (Å²) in [5.41, 5.74) is 2.59. The van der Waals surface area contributed by atoms with Crippen LogP contribution in [-0.2, 0) is 10.3 Å². The highest BCUT2D eigenvalue weighted by atomic mass is 16.5. The van der Waals surface area contributed by atoms with Gasteiger partial charge in [0.05, 0.1) is 20.3 Å². The van der Waals surface area contributed by atoms with Crippen molar-refractivity contribution >= 4 is 0 Å². The molecule has 3 aromatic carbocycles. The molecule has 0 aliphatic heterocycles. The largest absolute Gasteiger partial charge is 0.497 e. The number of methoxy groups -OCH3 is 2. The molecule has 3 atom stereocenters. The van der Waals surface area contributed by atoms with E-state index in [1.807, 2.05) is 24.3 Å². The summed E-state index contributed by atoms with van der Waals surface area (Å²) in [4.78, 5) is 0. The summed E-state index contributed by atoms with van der Waals surface area (Å²) in [5, 5.41) is 0. The maximum absolute atomic E-state index is 7.45. The zero-order valence-electron chi connectivity index (χ0n) is 21.2. The number of ether oxygens (including phenoxy) is 3. The van der Waals surface area contributed by atoms with Gasteiger partial charge >= 0.3 is 0 Å². The van der Waals surface area contributed by atoms with E-state index in [2.05, 4.69) is 75.4 Å². The summed E-state index contributed by atoms with van der Waals surface area (Å²) in [7, 11) is 3.41. The van der Waals surface area contributed by atoms with Crippen LogP contribution in [0.2, 0.25) is 0 Å². The minimum absolute atomic E-state index is 0.160. The SMILES string of the molecule is COc1ccc(C(O[C@H]2C[C@H](C)CC[C@H]2C(C)C)(c2ccccc2)c2ccc(OC)cc2)cc1. The average molecular weight is 459 g/mol. The van der Waals surface area contributed by atoms with Gasteiger partial charge in [0.2, 0.25) is 0 Å². The van der Waals surface area contributed by atoms with Gasteiger partial charge in [0.1, 0.15) is 17.1 Å². The lowest BCUT2D eigenvalue weighted by Gasteiger charge is -2.45. The third-order valence-electron chi connectivity index (χ3n) is 7.46. The molecule has 3 aromatic rings. The molecule has 180 valence electrons. The Morgan fingerprint density at radius 3 is 1.68 bits per heavy atom. The summed E-state index contributed by atoms with van der Waals surface area (Å²) in [5.74, 6) is 3.42. The first-order valence-corrected chi connectivity index (χ1v) is 12.5. The maximum Gasteiger partial charge on any atom is 0.144 e. The number of benzene rings is 3. The molecular formula is C31H38O3. The molecule has 0 N–H and O–H groups in total. The number of hydrogen-bond donors (Lipinski definition) is 0. The van der Waals surface area contributed by atoms with Crippen LogP contribution in [0.4, 0.5) is 0 Å². The molecule has 34 heavy (non-hydrogen) atoms. The topological polar surface area (TPSA) is 27.7 Å². The molecule has 0 spiro atoms. The van der Waals surface area contributed by atoms with E-state index in [9.17, 15) is 0 Å². The van der Waals surface area contributed by atoms with E-state index >= 15 is 0 Å². The molecule has 0 bridgehead atoms. The van der Waals surface area contributed by atoms with Crippen LogP contribution in [0.25, 0.3) is 0 Å². The summed E-state index contributed by atoms with van der Waals surface area (Å²) >= 11 is 0. The zero-order valence-corrected chi connectivity index (χ0v) is 21.2.